The molecular weight excluding hydrogens is 309 g/mol. The fraction of sp³-hybridized carbons (Fsp3) is 0.500. The summed E-state index contributed by atoms with van der Waals surface area (Å²) in [6.07, 6.45) is -2.46. The van der Waals surface area contributed by atoms with Crippen LogP contribution >= 0.6 is 15.9 Å². The molecule has 0 aliphatic carbocycles. The Morgan fingerprint density at radius 2 is 2.11 bits per heavy atom. The van der Waals surface area contributed by atoms with Crippen LogP contribution in [0.1, 0.15) is 18.4 Å². The van der Waals surface area contributed by atoms with Crippen molar-refractivity contribution in [2.75, 3.05) is 18.4 Å². The molecule has 0 saturated carbocycles. The molecule has 2 rings (SSSR count). The molecule has 100 valence electrons. The summed E-state index contributed by atoms with van der Waals surface area (Å²) in [6.45, 7) is 1.63. The molecule has 2 nitrogen and oxygen atoms in total. The van der Waals surface area contributed by atoms with E-state index in [2.05, 4.69) is 26.6 Å². The van der Waals surface area contributed by atoms with Crippen molar-refractivity contribution < 1.29 is 13.2 Å². The van der Waals surface area contributed by atoms with Crippen LogP contribution in [0.4, 0.5) is 18.9 Å². The fourth-order valence-corrected chi connectivity index (χ4v) is 2.44. The van der Waals surface area contributed by atoms with Crippen molar-refractivity contribution in [2.24, 2.45) is 0 Å². The molecule has 0 radical (unpaired) electrons. The summed E-state index contributed by atoms with van der Waals surface area (Å²) in [6, 6.07) is 4.04. The van der Waals surface area contributed by atoms with Crippen LogP contribution in [0.2, 0.25) is 0 Å². The van der Waals surface area contributed by atoms with E-state index < -0.39 is 11.7 Å². The van der Waals surface area contributed by atoms with Gasteiger partial charge in [0.25, 0.3) is 0 Å². The van der Waals surface area contributed by atoms with E-state index in [1.165, 1.54) is 12.1 Å². The standard InChI is InChI=1S/C12H14BrF3N2/c13-8-3-4-10(12(14,15)16)11(6-8)18-9-2-1-5-17-7-9/h3-4,6,9,17-18H,1-2,5,7H2. The van der Waals surface area contributed by atoms with E-state index in [4.69, 9.17) is 0 Å². The maximum atomic E-state index is 12.9. The largest absolute Gasteiger partial charge is 0.418 e. The van der Waals surface area contributed by atoms with Crippen molar-refractivity contribution in [2.45, 2.75) is 25.1 Å². The van der Waals surface area contributed by atoms with Gasteiger partial charge in [-0.3, -0.25) is 0 Å². The summed E-state index contributed by atoms with van der Waals surface area (Å²) in [7, 11) is 0. The molecule has 1 aromatic rings. The van der Waals surface area contributed by atoms with E-state index in [1.54, 1.807) is 0 Å². The van der Waals surface area contributed by atoms with Gasteiger partial charge in [0.1, 0.15) is 0 Å². The van der Waals surface area contributed by atoms with Crippen molar-refractivity contribution in [1.82, 2.24) is 5.32 Å². The predicted octanol–water partition coefficient (Wildman–Crippen LogP) is 3.63. The molecule has 1 heterocycles. The molecule has 1 aliphatic rings. The highest BCUT2D eigenvalue weighted by molar-refractivity contribution is 9.10. The lowest BCUT2D eigenvalue weighted by molar-refractivity contribution is -0.137. The summed E-state index contributed by atoms with van der Waals surface area (Å²) in [5.74, 6) is 0. The van der Waals surface area contributed by atoms with Gasteiger partial charge < -0.3 is 10.6 Å². The first kappa shape index (κ1) is 13.7. The normalized spacial score (nSPS) is 20.8. The van der Waals surface area contributed by atoms with Gasteiger partial charge in [0.15, 0.2) is 0 Å². The van der Waals surface area contributed by atoms with Gasteiger partial charge >= 0.3 is 6.18 Å². The van der Waals surface area contributed by atoms with Crippen molar-refractivity contribution in [3.63, 3.8) is 0 Å². The van der Waals surface area contributed by atoms with E-state index in [9.17, 15) is 13.2 Å². The SMILES string of the molecule is FC(F)(F)c1ccc(Br)cc1NC1CCCNC1. The second-order valence-electron chi connectivity index (χ2n) is 4.38. The molecule has 18 heavy (non-hydrogen) atoms. The number of benzene rings is 1. The second kappa shape index (κ2) is 5.48. The molecule has 0 amide bonds. The van der Waals surface area contributed by atoms with Crippen LogP contribution in [0.3, 0.4) is 0 Å². The van der Waals surface area contributed by atoms with Crippen LogP contribution in [0.15, 0.2) is 22.7 Å². The number of hydrogen-bond acceptors (Lipinski definition) is 2. The Labute approximate surface area is 112 Å². The number of alkyl halides is 3. The molecule has 1 aromatic carbocycles. The predicted molar refractivity (Wildman–Crippen MR) is 68.7 cm³/mol. The van der Waals surface area contributed by atoms with Gasteiger partial charge in [-0.05, 0) is 37.6 Å². The Bertz CT molecular complexity index is 414. The summed E-state index contributed by atoms with van der Waals surface area (Å²) in [5, 5.41) is 6.16. The molecule has 1 fully saturated rings. The Morgan fingerprint density at radius 1 is 1.33 bits per heavy atom. The molecule has 0 aromatic heterocycles. The fourth-order valence-electron chi connectivity index (χ4n) is 2.08. The van der Waals surface area contributed by atoms with Crippen molar-refractivity contribution in [1.29, 1.82) is 0 Å². The maximum Gasteiger partial charge on any atom is 0.418 e. The van der Waals surface area contributed by atoms with Crippen LogP contribution in [0.5, 0.6) is 0 Å². The minimum Gasteiger partial charge on any atom is -0.381 e. The molecule has 2 N–H and O–H groups in total. The second-order valence-corrected chi connectivity index (χ2v) is 5.29. The minimum atomic E-state index is -4.33. The third-order valence-corrected chi connectivity index (χ3v) is 3.44. The van der Waals surface area contributed by atoms with Crippen LogP contribution in [0.25, 0.3) is 0 Å². The summed E-state index contributed by atoms with van der Waals surface area (Å²) < 4.78 is 39.2. The van der Waals surface area contributed by atoms with E-state index in [-0.39, 0.29) is 11.7 Å². The van der Waals surface area contributed by atoms with Gasteiger partial charge in [-0.25, -0.2) is 0 Å². The zero-order valence-corrected chi connectivity index (χ0v) is 11.2. The smallest absolute Gasteiger partial charge is 0.381 e. The number of rotatable bonds is 2. The van der Waals surface area contributed by atoms with Gasteiger partial charge in [0, 0.05) is 22.7 Å². The lowest BCUT2D eigenvalue weighted by Crippen LogP contribution is -2.38. The highest BCUT2D eigenvalue weighted by atomic mass is 79.9. The molecule has 0 bridgehead atoms. The van der Waals surface area contributed by atoms with E-state index >= 15 is 0 Å². The monoisotopic (exact) mass is 322 g/mol. The summed E-state index contributed by atoms with van der Waals surface area (Å²) in [5.41, 5.74) is -0.471. The Balaban J connectivity index is 2.21. The van der Waals surface area contributed by atoms with Crippen LogP contribution in [-0.2, 0) is 6.18 Å². The van der Waals surface area contributed by atoms with E-state index in [0.717, 1.165) is 25.5 Å². The van der Waals surface area contributed by atoms with Crippen molar-refractivity contribution in [3.05, 3.63) is 28.2 Å². The summed E-state index contributed by atoms with van der Waals surface area (Å²) >= 11 is 3.20. The first-order valence-corrected chi connectivity index (χ1v) is 6.60. The van der Waals surface area contributed by atoms with Crippen molar-refractivity contribution >= 4 is 21.6 Å². The van der Waals surface area contributed by atoms with E-state index in [0.29, 0.717) is 11.0 Å². The van der Waals surface area contributed by atoms with Crippen LogP contribution < -0.4 is 10.6 Å². The van der Waals surface area contributed by atoms with Gasteiger partial charge in [0.2, 0.25) is 0 Å². The van der Waals surface area contributed by atoms with E-state index in [1.807, 2.05) is 0 Å². The average molecular weight is 323 g/mol. The minimum absolute atomic E-state index is 0.0501. The van der Waals surface area contributed by atoms with Gasteiger partial charge in [-0.1, -0.05) is 15.9 Å². The Kier molecular flexibility index (Phi) is 4.17. The molecule has 6 heteroatoms. The maximum absolute atomic E-state index is 12.9. The number of nitrogens with one attached hydrogen (secondary N) is 2. The van der Waals surface area contributed by atoms with Gasteiger partial charge in [0.05, 0.1) is 5.56 Å². The zero-order chi connectivity index (χ0) is 13.2. The third-order valence-electron chi connectivity index (χ3n) is 2.94. The first-order valence-electron chi connectivity index (χ1n) is 5.81. The Morgan fingerprint density at radius 3 is 2.72 bits per heavy atom. The van der Waals surface area contributed by atoms with Gasteiger partial charge in [-0.15, -0.1) is 0 Å². The number of halogens is 4. The summed E-state index contributed by atoms with van der Waals surface area (Å²) in [4.78, 5) is 0. The molecule has 1 atom stereocenters. The number of piperidine rings is 1. The average Bonchev–Trinajstić information content (AvgIpc) is 2.28. The molecule has 0 spiro atoms. The van der Waals surface area contributed by atoms with Crippen LogP contribution in [-0.4, -0.2) is 19.1 Å². The lowest BCUT2D eigenvalue weighted by atomic mass is 10.1. The highest BCUT2D eigenvalue weighted by Crippen LogP contribution is 2.36. The van der Waals surface area contributed by atoms with Crippen molar-refractivity contribution in [3.8, 4) is 0 Å². The lowest BCUT2D eigenvalue weighted by Gasteiger charge is -2.26. The molecule has 1 unspecified atom stereocenters. The molecule has 1 saturated heterocycles. The van der Waals surface area contributed by atoms with Crippen LogP contribution in [0, 0.1) is 0 Å². The third kappa shape index (κ3) is 3.38. The number of hydrogen-bond donors (Lipinski definition) is 2. The van der Waals surface area contributed by atoms with Gasteiger partial charge in [-0.2, -0.15) is 13.2 Å². The highest BCUT2D eigenvalue weighted by Gasteiger charge is 2.34. The zero-order valence-electron chi connectivity index (χ0n) is 9.65. The first-order chi connectivity index (χ1) is 8.47. The molecule has 1 aliphatic heterocycles. The Hall–Kier alpha value is -0.750. The quantitative estimate of drug-likeness (QED) is 0.868. The molecular formula is C12H14BrF3N2. The number of anilines is 1. The topological polar surface area (TPSA) is 24.1 Å².